The molecule has 108 valence electrons. The Morgan fingerprint density at radius 1 is 1.29 bits per heavy atom. The van der Waals surface area contributed by atoms with E-state index in [9.17, 15) is 15.2 Å². The number of nitro groups is 1. The highest BCUT2D eigenvalue weighted by atomic mass is 16.6. The molecule has 0 aliphatic carbocycles. The number of nitrogens with zero attached hydrogens (tertiary/aromatic N) is 1. The van der Waals surface area contributed by atoms with Crippen LogP contribution in [0.5, 0.6) is 11.5 Å². The summed E-state index contributed by atoms with van der Waals surface area (Å²) in [5.41, 5.74) is 1.20. The quantitative estimate of drug-likeness (QED) is 0.676. The first-order chi connectivity index (χ1) is 10.1. The van der Waals surface area contributed by atoms with E-state index in [1.54, 1.807) is 12.1 Å². The van der Waals surface area contributed by atoms with Gasteiger partial charge in [0.1, 0.15) is 11.5 Å². The zero-order valence-corrected chi connectivity index (χ0v) is 11.5. The molecule has 2 aromatic carbocycles. The molecule has 0 aromatic heterocycles. The fourth-order valence-electron chi connectivity index (χ4n) is 1.93. The van der Waals surface area contributed by atoms with Gasteiger partial charge in [-0.15, -0.1) is 0 Å². The lowest BCUT2D eigenvalue weighted by Crippen LogP contribution is -2.02. The van der Waals surface area contributed by atoms with E-state index >= 15 is 0 Å². The largest absolute Gasteiger partial charge is 0.507 e. The van der Waals surface area contributed by atoms with E-state index in [0.29, 0.717) is 11.3 Å². The summed E-state index contributed by atoms with van der Waals surface area (Å²) in [5, 5.41) is 21.0. The maximum atomic E-state index is 11.2. The van der Waals surface area contributed by atoms with Gasteiger partial charge in [-0.05, 0) is 23.8 Å². The highest BCUT2D eigenvalue weighted by Gasteiger charge is 2.13. The number of hydrogen-bond donors (Lipinski definition) is 1. The average molecular weight is 285 g/mol. The molecule has 2 aromatic rings. The molecule has 21 heavy (non-hydrogen) atoms. The normalized spacial score (nSPS) is 11.2. The van der Waals surface area contributed by atoms with Crippen LogP contribution in [0, 0.1) is 10.1 Å². The molecule has 0 amide bonds. The molecule has 0 aliphatic rings. The molecule has 0 atom stereocenters. The maximum Gasteiger partial charge on any atom is 0.251 e. The van der Waals surface area contributed by atoms with Gasteiger partial charge < -0.3 is 9.84 Å². The first kappa shape index (κ1) is 14.6. The molecule has 0 saturated carbocycles. The molecule has 0 aliphatic heterocycles. The molecule has 0 bridgehead atoms. The third-order valence-corrected chi connectivity index (χ3v) is 3.02. The smallest absolute Gasteiger partial charge is 0.251 e. The van der Waals surface area contributed by atoms with Crippen molar-refractivity contribution >= 4 is 6.08 Å². The Hall–Kier alpha value is -2.82. The Morgan fingerprint density at radius 3 is 2.62 bits per heavy atom. The monoisotopic (exact) mass is 285 g/mol. The van der Waals surface area contributed by atoms with Gasteiger partial charge >= 0.3 is 0 Å². The highest BCUT2D eigenvalue weighted by molar-refractivity contribution is 5.60. The van der Waals surface area contributed by atoms with Crippen LogP contribution in [0.4, 0.5) is 0 Å². The van der Waals surface area contributed by atoms with E-state index in [2.05, 4.69) is 0 Å². The second-order valence-corrected chi connectivity index (χ2v) is 4.48. The van der Waals surface area contributed by atoms with Crippen LogP contribution in [0.25, 0.3) is 6.08 Å². The first-order valence-corrected chi connectivity index (χ1v) is 6.36. The molecule has 0 fully saturated rings. The number of benzene rings is 2. The summed E-state index contributed by atoms with van der Waals surface area (Å²) in [6, 6.07) is 13.8. The lowest BCUT2D eigenvalue weighted by Gasteiger charge is -2.04. The fraction of sp³-hybridized carbons (Fsp3) is 0.125. The Labute approximate surface area is 122 Å². The highest BCUT2D eigenvalue weighted by Crippen LogP contribution is 2.26. The molecule has 5 nitrogen and oxygen atoms in total. The Morgan fingerprint density at radius 2 is 2.00 bits per heavy atom. The van der Waals surface area contributed by atoms with Gasteiger partial charge in [-0.1, -0.05) is 30.3 Å². The van der Waals surface area contributed by atoms with Gasteiger partial charge in [-0.2, -0.15) is 0 Å². The second-order valence-electron chi connectivity index (χ2n) is 4.48. The summed E-state index contributed by atoms with van der Waals surface area (Å²) in [4.78, 5) is 10.8. The molecule has 0 spiro atoms. The van der Waals surface area contributed by atoms with Crippen molar-refractivity contribution < 1.29 is 14.8 Å². The van der Waals surface area contributed by atoms with E-state index in [-0.39, 0.29) is 17.9 Å². The predicted octanol–water partition coefficient (Wildman–Crippen LogP) is 3.26. The third-order valence-electron chi connectivity index (χ3n) is 3.02. The summed E-state index contributed by atoms with van der Waals surface area (Å²) in [6.07, 6.45) is 1.55. The Bertz CT molecular complexity index is 665. The van der Waals surface area contributed by atoms with Crippen LogP contribution < -0.4 is 4.74 Å². The van der Waals surface area contributed by atoms with Crippen molar-refractivity contribution in [2.45, 2.75) is 6.42 Å². The van der Waals surface area contributed by atoms with Crippen LogP contribution >= 0.6 is 0 Å². The molecule has 5 heteroatoms. The van der Waals surface area contributed by atoms with Crippen LogP contribution in [0.15, 0.2) is 54.2 Å². The van der Waals surface area contributed by atoms with Crippen molar-refractivity contribution in [3.63, 3.8) is 0 Å². The van der Waals surface area contributed by atoms with Gasteiger partial charge in [0.2, 0.25) is 0 Å². The van der Waals surface area contributed by atoms with E-state index in [0.717, 1.165) is 5.56 Å². The molecular weight excluding hydrogens is 270 g/mol. The van der Waals surface area contributed by atoms with Crippen molar-refractivity contribution in [1.29, 1.82) is 0 Å². The summed E-state index contributed by atoms with van der Waals surface area (Å²) >= 11 is 0. The molecule has 1 N–H and O–H groups in total. The van der Waals surface area contributed by atoms with Gasteiger partial charge in [-0.25, -0.2) is 0 Å². The summed E-state index contributed by atoms with van der Waals surface area (Å²) in [6.45, 7) is 0. The van der Waals surface area contributed by atoms with Crippen molar-refractivity contribution in [2.24, 2.45) is 0 Å². The average Bonchev–Trinajstić information content (AvgIpc) is 2.49. The van der Waals surface area contributed by atoms with E-state index in [1.807, 2.05) is 30.3 Å². The summed E-state index contributed by atoms with van der Waals surface area (Å²) in [7, 11) is 1.50. The standard InChI is InChI=1S/C16H15NO4/c1-21-15-7-8-16(18)13(11-15)10-14(17(19)20)9-12-5-3-2-4-6-12/h2-8,10-11,18H,9H2,1H3/b14-10+. The molecule has 2 rings (SSSR count). The van der Waals surface area contributed by atoms with Crippen LogP contribution in [0.1, 0.15) is 11.1 Å². The van der Waals surface area contributed by atoms with E-state index < -0.39 is 4.92 Å². The van der Waals surface area contributed by atoms with Crippen LogP contribution in [0.2, 0.25) is 0 Å². The number of phenolic OH excluding ortho intramolecular Hbond substituents is 1. The van der Waals surface area contributed by atoms with Gasteiger partial charge in [0.15, 0.2) is 0 Å². The number of allylic oxidation sites excluding steroid dienone is 1. The van der Waals surface area contributed by atoms with Crippen LogP contribution in [0.3, 0.4) is 0 Å². The number of rotatable bonds is 5. The molecular formula is C16H15NO4. The third kappa shape index (κ3) is 3.82. The van der Waals surface area contributed by atoms with Crippen molar-refractivity contribution in [3.8, 4) is 11.5 Å². The van der Waals surface area contributed by atoms with Gasteiger partial charge in [-0.3, -0.25) is 10.1 Å². The van der Waals surface area contributed by atoms with E-state index in [1.165, 1.54) is 19.3 Å². The van der Waals surface area contributed by atoms with Crippen molar-refractivity contribution in [3.05, 3.63) is 75.5 Å². The van der Waals surface area contributed by atoms with E-state index in [4.69, 9.17) is 4.74 Å². The molecule has 0 saturated heterocycles. The minimum atomic E-state index is -0.439. The topological polar surface area (TPSA) is 72.6 Å². The molecule has 0 heterocycles. The van der Waals surface area contributed by atoms with Gasteiger partial charge in [0.25, 0.3) is 5.70 Å². The minimum absolute atomic E-state index is 0.00440. The number of methoxy groups -OCH3 is 1. The number of phenols is 1. The van der Waals surface area contributed by atoms with Crippen molar-refractivity contribution in [1.82, 2.24) is 0 Å². The Kier molecular flexibility index (Phi) is 4.56. The fourth-order valence-corrected chi connectivity index (χ4v) is 1.93. The number of aromatic hydroxyl groups is 1. The molecule has 0 unspecified atom stereocenters. The maximum absolute atomic E-state index is 11.2. The second kappa shape index (κ2) is 6.56. The van der Waals surface area contributed by atoms with Crippen LogP contribution in [-0.4, -0.2) is 17.1 Å². The van der Waals surface area contributed by atoms with Crippen molar-refractivity contribution in [2.75, 3.05) is 7.11 Å². The lowest BCUT2D eigenvalue weighted by atomic mass is 10.1. The molecule has 0 radical (unpaired) electrons. The number of ether oxygens (including phenoxy) is 1. The number of hydrogen-bond acceptors (Lipinski definition) is 4. The van der Waals surface area contributed by atoms with Gasteiger partial charge in [0, 0.05) is 11.6 Å². The summed E-state index contributed by atoms with van der Waals surface area (Å²) < 4.78 is 5.06. The zero-order valence-electron chi connectivity index (χ0n) is 11.5. The van der Waals surface area contributed by atoms with Crippen LogP contribution in [-0.2, 0) is 6.42 Å². The zero-order chi connectivity index (χ0) is 15.2. The minimum Gasteiger partial charge on any atom is -0.507 e. The first-order valence-electron chi connectivity index (χ1n) is 6.36. The Balaban J connectivity index is 2.36. The SMILES string of the molecule is COc1ccc(O)c(/C=C(\Cc2ccccc2)[N+](=O)[O-])c1. The van der Waals surface area contributed by atoms with Gasteiger partial charge in [0.05, 0.1) is 18.5 Å². The summed E-state index contributed by atoms with van der Waals surface area (Å²) in [5.74, 6) is 0.504. The predicted molar refractivity (Wildman–Crippen MR) is 79.8 cm³/mol. The lowest BCUT2D eigenvalue weighted by molar-refractivity contribution is -0.425.